The molecule has 0 saturated heterocycles. The molecule has 0 aliphatic rings. The number of esters is 1. The van der Waals surface area contributed by atoms with E-state index in [-0.39, 0.29) is 5.97 Å². The Kier molecular flexibility index (Phi) is 5.77. The van der Waals surface area contributed by atoms with Crippen molar-refractivity contribution in [3.05, 3.63) is 18.6 Å². The molecule has 82 valence electrons. The van der Waals surface area contributed by atoms with Gasteiger partial charge in [0, 0.05) is 12.4 Å². The zero-order valence-corrected chi connectivity index (χ0v) is 9.50. The normalized spacial score (nSPS) is 9.93. The Bertz CT molecular complexity index is 293. The Balaban J connectivity index is 2.17. The summed E-state index contributed by atoms with van der Waals surface area (Å²) in [6, 6.07) is 0. The van der Waals surface area contributed by atoms with Crippen LogP contribution in [-0.2, 0) is 9.53 Å². The summed E-state index contributed by atoms with van der Waals surface area (Å²) in [5, 5.41) is 0.741. The van der Waals surface area contributed by atoms with Crippen LogP contribution < -0.4 is 0 Å². The first kappa shape index (κ1) is 12.0. The number of carbonyl (C=O) groups excluding carboxylic acids is 1. The summed E-state index contributed by atoms with van der Waals surface area (Å²) in [5.41, 5.74) is 0. The fraction of sp³-hybridized carbons (Fsp3) is 0.500. The van der Waals surface area contributed by atoms with Crippen LogP contribution >= 0.6 is 11.8 Å². The number of carbonyl (C=O) groups is 1. The highest BCUT2D eigenvalue weighted by atomic mass is 32.2. The average molecular weight is 226 g/mol. The van der Waals surface area contributed by atoms with Gasteiger partial charge in [0.1, 0.15) is 5.03 Å². The summed E-state index contributed by atoms with van der Waals surface area (Å²) < 4.78 is 5.00. The average Bonchev–Trinajstić information content (AvgIpc) is 2.28. The number of thioether (sulfide) groups is 1. The number of rotatable bonds is 6. The molecule has 0 aromatic carbocycles. The molecule has 0 amide bonds. The summed E-state index contributed by atoms with van der Waals surface area (Å²) >= 11 is 1.34. The van der Waals surface area contributed by atoms with E-state index in [0.29, 0.717) is 12.4 Å². The van der Waals surface area contributed by atoms with Gasteiger partial charge in [-0.3, -0.25) is 9.78 Å². The van der Waals surface area contributed by atoms with Crippen molar-refractivity contribution in [1.29, 1.82) is 0 Å². The monoisotopic (exact) mass is 226 g/mol. The lowest BCUT2D eigenvalue weighted by Crippen LogP contribution is -2.08. The fourth-order valence-electron chi connectivity index (χ4n) is 0.865. The van der Waals surface area contributed by atoms with Crippen LogP contribution in [-0.4, -0.2) is 28.3 Å². The van der Waals surface area contributed by atoms with Crippen molar-refractivity contribution in [2.75, 3.05) is 12.4 Å². The molecule has 1 aromatic heterocycles. The molecule has 0 saturated carbocycles. The fourth-order valence-corrected chi connectivity index (χ4v) is 1.48. The van der Waals surface area contributed by atoms with E-state index < -0.39 is 0 Å². The molecule has 15 heavy (non-hydrogen) atoms. The van der Waals surface area contributed by atoms with Crippen LogP contribution in [0.2, 0.25) is 0 Å². The molecule has 0 radical (unpaired) electrons. The van der Waals surface area contributed by atoms with Gasteiger partial charge in [-0.05, 0) is 6.42 Å². The van der Waals surface area contributed by atoms with E-state index in [2.05, 4.69) is 16.9 Å². The maximum absolute atomic E-state index is 11.2. The first-order chi connectivity index (χ1) is 7.33. The summed E-state index contributed by atoms with van der Waals surface area (Å²) in [6.45, 7) is 2.57. The number of hydrogen-bond acceptors (Lipinski definition) is 5. The molecule has 0 bridgehead atoms. The first-order valence-electron chi connectivity index (χ1n) is 4.87. The number of ether oxygens (including phenoxy) is 1. The van der Waals surface area contributed by atoms with E-state index in [0.717, 1.165) is 17.9 Å². The summed E-state index contributed by atoms with van der Waals surface area (Å²) in [6.07, 6.45) is 6.78. The molecule has 5 heteroatoms. The number of unbranched alkanes of at least 4 members (excludes halogenated alkanes) is 1. The van der Waals surface area contributed by atoms with E-state index in [9.17, 15) is 4.79 Å². The lowest BCUT2D eigenvalue weighted by Gasteiger charge is -2.02. The molecule has 0 fully saturated rings. The minimum Gasteiger partial charge on any atom is -0.465 e. The van der Waals surface area contributed by atoms with Crippen molar-refractivity contribution in [3.63, 3.8) is 0 Å². The predicted octanol–water partition coefficient (Wildman–Crippen LogP) is 1.91. The summed E-state index contributed by atoms with van der Waals surface area (Å²) in [5.74, 6) is 0.0988. The third-order valence-electron chi connectivity index (χ3n) is 1.64. The second-order valence-corrected chi connectivity index (χ2v) is 3.90. The van der Waals surface area contributed by atoms with Crippen LogP contribution in [0, 0.1) is 0 Å². The standard InChI is InChI=1S/C10H14N2O2S/c1-2-3-6-14-10(13)8-15-9-7-11-4-5-12-9/h4-5,7H,2-3,6,8H2,1H3. The summed E-state index contributed by atoms with van der Waals surface area (Å²) in [4.78, 5) is 19.1. The Labute approximate surface area is 93.5 Å². The van der Waals surface area contributed by atoms with Gasteiger partial charge < -0.3 is 4.74 Å². The molecule has 1 aromatic rings. The maximum Gasteiger partial charge on any atom is 0.316 e. The predicted molar refractivity (Wildman–Crippen MR) is 58.6 cm³/mol. The molecule has 0 aliphatic carbocycles. The van der Waals surface area contributed by atoms with E-state index in [1.54, 1.807) is 18.6 Å². The van der Waals surface area contributed by atoms with Crippen LogP contribution in [0.4, 0.5) is 0 Å². The highest BCUT2D eigenvalue weighted by molar-refractivity contribution is 7.99. The highest BCUT2D eigenvalue weighted by Gasteiger charge is 2.04. The van der Waals surface area contributed by atoms with Crippen LogP contribution in [0.15, 0.2) is 23.6 Å². The lowest BCUT2D eigenvalue weighted by molar-refractivity contribution is -0.140. The van der Waals surface area contributed by atoms with E-state index in [1.165, 1.54) is 11.8 Å². The van der Waals surface area contributed by atoms with Gasteiger partial charge in [-0.25, -0.2) is 4.98 Å². The second-order valence-electron chi connectivity index (χ2n) is 2.91. The first-order valence-corrected chi connectivity index (χ1v) is 5.86. The van der Waals surface area contributed by atoms with Crippen molar-refractivity contribution >= 4 is 17.7 Å². The molecular weight excluding hydrogens is 212 g/mol. The lowest BCUT2D eigenvalue weighted by atomic mass is 10.4. The third-order valence-corrected chi connectivity index (χ3v) is 2.52. The molecule has 0 N–H and O–H groups in total. The number of hydrogen-bond donors (Lipinski definition) is 0. The van der Waals surface area contributed by atoms with Crippen LogP contribution in [0.1, 0.15) is 19.8 Å². The van der Waals surface area contributed by atoms with Crippen molar-refractivity contribution in [2.24, 2.45) is 0 Å². The third kappa shape index (κ3) is 5.37. The second kappa shape index (κ2) is 7.23. The molecule has 4 nitrogen and oxygen atoms in total. The molecule has 0 atom stereocenters. The van der Waals surface area contributed by atoms with Gasteiger partial charge in [0.2, 0.25) is 0 Å². The van der Waals surface area contributed by atoms with Gasteiger partial charge in [-0.1, -0.05) is 25.1 Å². The molecule has 1 heterocycles. The maximum atomic E-state index is 11.2. The quantitative estimate of drug-likeness (QED) is 0.421. The van der Waals surface area contributed by atoms with E-state index in [4.69, 9.17) is 4.74 Å². The Morgan fingerprint density at radius 3 is 3.07 bits per heavy atom. The van der Waals surface area contributed by atoms with Crippen LogP contribution in [0.3, 0.4) is 0 Å². The van der Waals surface area contributed by atoms with Crippen molar-refractivity contribution < 1.29 is 9.53 Å². The highest BCUT2D eigenvalue weighted by Crippen LogP contribution is 2.12. The van der Waals surface area contributed by atoms with E-state index in [1.807, 2.05) is 0 Å². The van der Waals surface area contributed by atoms with Crippen molar-refractivity contribution in [1.82, 2.24) is 9.97 Å². The topological polar surface area (TPSA) is 52.1 Å². The minimum atomic E-state index is -0.195. The number of nitrogens with zero attached hydrogens (tertiary/aromatic N) is 2. The van der Waals surface area contributed by atoms with Crippen LogP contribution in [0.5, 0.6) is 0 Å². The Morgan fingerprint density at radius 2 is 2.40 bits per heavy atom. The van der Waals surface area contributed by atoms with E-state index >= 15 is 0 Å². The smallest absolute Gasteiger partial charge is 0.316 e. The van der Waals surface area contributed by atoms with Crippen LogP contribution in [0.25, 0.3) is 0 Å². The molecule has 0 spiro atoms. The largest absolute Gasteiger partial charge is 0.465 e. The Morgan fingerprint density at radius 1 is 1.53 bits per heavy atom. The van der Waals surface area contributed by atoms with Crippen molar-refractivity contribution in [2.45, 2.75) is 24.8 Å². The summed E-state index contributed by atoms with van der Waals surface area (Å²) in [7, 11) is 0. The van der Waals surface area contributed by atoms with Gasteiger partial charge in [0.05, 0.1) is 18.6 Å². The van der Waals surface area contributed by atoms with Gasteiger partial charge >= 0.3 is 5.97 Å². The van der Waals surface area contributed by atoms with Gasteiger partial charge in [-0.2, -0.15) is 0 Å². The molecular formula is C10H14N2O2S. The van der Waals surface area contributed by atoms with Gasteiger partial charge in [0.15, 0.2) is 0 Å². The minimum absolute atomic E-state index is 0.195. The SMILES string of the molecule is CCCCOC(=O)CSc1cnccn1. The molecule has 0 aliphatic heterocycles. The molecule has 1 rings (SSSR count). The van der Waals surface area contributed by atoms with Crippen molar-refractivity contribution in [3.8, 4) is 0 Å². The zero-order valence-electron chi connectivity index (χ0n) is 8.68. The Hall–Kier alpha value is -1.10. The molecule has 0 unspecified atom stereocenters. The van der Waals surface area contributed by atoms with Gasteiger partial charge in [-0.15, -0.1) is 0 Å². The number of aromatic nitrogens is 2. The zero-order chi connectivity index (χ0) is 10.9. The van der Waals surface area contributed by atoms with Gasteiger partial charge in [0.25, 0.3) is 0 Å².